The SMILES string of the molecule is Cc1cccc(N2CC(C)N(C)CC2CN)c1C. The average molecular weight is 247 g/mol. The Morgan fingerprint density at radius 3 is 2.67 bits per heavy atom. The standard InChI is InChI=1S/C15H25N3/c1-11-6-5-7-15(13(11)3)18-9-12(2)17(4)10-14(18)8-16/h5-7,12,14H,8-10,16H2,1-4H3. The number of benzene rings is 1. The van der Waals surface area contributed by atoms with Crippen LogP contribution < -0.4 is 10.6 Å². The molecule has 100 valence electrons. The predicted molar refractivity (Wildman–Crippen MR) is 78.2 cm³/mol. The van der Waals surface area contributed by atoms with Crippen LogP contribution in [-0.2, 0) is 0 Å². The molecule has 3 nitrogen and oxygen atoms in total. The van der Waals surface area contributed by atoms with Crippen LogP contribution >= 0.6 is 0 Å². The highest BCUT2D eigenvalue weighted by atomic mass is 15.3. The van der Waals surface area contributed by atoms with Gasteiger partial charge in [-0.2, -0.15) is 0 Å². The van der Waals surface area contributed by atoms with E-state index in [1.165, 1.54) is 16.8 Å². The van der Waals surface area contributed by atoms with Gasteiger partial charge in [0.2, 0.25) is 0 Å². The fourth-order valence-corrected chi connectivity index (χ4v) is 2.73. The van der Waals surface area contributed by atoms with Crippen molar-refractivity contribution < 1.29 is 0 Å². The fraction of sp³-hybridized carbons (Fsp3) is 0.600. The zero-order chi connectivity index (χ0) is 13.3. The first-order valence-corrected chi connectivity index (χ1v) is 6.77. The summed E-state index contributed by atoms with van der Waals surface area (Å²) in [6.07, 6.45) is 0. The van der Waals surface area contributed by atoms with E-state index in [4.69, 9.17) is 5.73 Å². The molecule has 2 unspecified atom stereocenters. The molecule has 1 saturated heterocycles. The number of likely N-dealkylation sites (N-methyl/N-ethyl adjacent to an activating group) is 1. The highest BCUT2D eigenvalue weighted by Crippen LogP contribution is 2.27. The van der Waals surface area contributed by atoms with Gasteiger partial charge in [0.15, 0.2) is 0 Å². The van der Waals surface area contributed by atoms with Gasteiger partial charge in [-0.1, -0.05) is 12.1 Å². The summed E-state index contributed by atoms with van der Waals surface area (Å²) in [5, 5.41) is 0. The molecule has 3 heteroatoms. The smallest absolute Gasteiger partial charge is 0.0540 e. The number of anilines is 1. The summed E-state index contributed by atoms with van der Waals surface area (Å²) < 4.78 is 0. The van der Waals surface area contributed by atoms with Gasteiger partial charge >= 0.3 is 0 Å². The van der Waals surface area contributed by atoms with Crippen molar-refractivity contribution in [1.82, 2.24) is 4.90 Å². The van der Waals surface area contributed by atoms with Gasteiger partial charge in [-0.05, 0) is 45.0 Å². The van der Waals surface area contributed by atoms with Gasteiger partial charge in [0.05, 0.1) is 6.04 Å². The lowest BCUT2D eigenvalue weighted by Crippen LogP contribution is -2.58. The molecule has 1 aromatic rings. The molecule has 0 radical (unpaired) electrons. The first kappa shape index (κ1) is 13.4. The second kappa shape index (κ2) is 5.29. The number of nitrogens with two attached hydrogens (primary N) is 1. The minimum Gasteiger partial charge on any atom is -0.364 e. The molecule has 0 saturated carbocycles. The van der Waals surface area contributed by atoms with Crippen molar-refractivity contribution in [3.8, 4) is 0 Å². The summed E-state index contributed by atoms with van der Waals surface area (Å²) in [6.45, 7) is 9.49. The molecule has 2 rings (SSSR count). The third-order valence-electron chi connectivity index (χ3n) is 4.31. The van der Waals surface area contributed by atoms with Gasteiger partial charge in [0.25, 0.3) is 0 Å². The van der Waals surface area contributed by atoms with Crippen molar-refractivity contribution >= 4 is 5.69 Å². The molecule has 1 aliphatic rings. The molecular weight excluding hydrogens is 222 g/mol. The number of piperazine rings is 1. The maximum atomic E-state index is 5.96. The van der Waals surface area contributed by atoms with Gasteiger partial charge < -0.3 is 10.6 Å². The highest BCUT2D eigenvalue weighted by molar-refractivity contribution is 5.57. The Kier molecular flexibility index (Phi) is 3.93. The third kappa shape index (κ3) is 2.38. The van der Waals surface area contributed by atoms with Crippen molar-refractivity contribution in [2.75, 3.05) is 31.6 Å². The number of rotatable bonds is 2. The van der Waals surface area contributed by atoms with Crippen molar-refractivity contribution in [3.05, 3.63) is 29.3 Å². The van der Waals surface area contributed by atoms with Crippen molar-refractivity contribution in [2.45, 2.75) is 32.9 Å². The van der Waals surface area contributed by atoms with E-state index in [1.54, 1.807) is 0 Å². The lowest BCUT2D eigenvalue weighted by molar-refractivity contribution is 0.202. The zero-order valence-electron chi connectivity index (χ0n) is 12.0. The topological polar surface area (TPSA) is 32.5 Å². The molecule has 0 amide bonds. The van der Waals surface area contributed by atoms with Gasteiger partial charge in [0.1, 0.15) is 0 Å². The molecule has 1 aromatic carbocycles. The van der Waals surface area contributed by atoms with E-state index < -0.39 is 0 Å². The van der Waals surface area contributed by atoms with Crippen LogP contribution in [0.4, 0.5) is 5.69 Å². The van der Waals surface area contributed by atoms with Crippen LogP contribution in [0, 0.1) is 13.8 Å². The Balaban J connectivity index is 2.32. The van der Waals surface area contributed by atoms with E-state index in [0.29, 0.717) is 18.6 Å². The Hall–Kier alpha value is -1.06. The maximum absolute atomic E-state index is 5.96. The molecule has 2 atom stereocenters. The van der Waals surface area contributed by atoms with Gasteiger partial charge in [0, 0.05) is 31.4 Å². The summed E-state index contributed by atoms with van der Waals surface area (Å²) in [5.74, 6) is 0. The van der Waals surface area contributed by atoms with E-state index in [9.17, 15) is 0 Å². The second-order valence-corrected chi connectivity index (χ2v) is 5.55. The number of aryl methyl sites for hydroxylation is 1. The summed E-state index contributed by atoms with van der Waals surface area (Å²) in [6, 6.07) is 7.55. The Morgan fingerprint density at radius 1 is 1.28 bits per heavy atom. The average Bonchev–Trinajstić information content (AvgIpc) is 2.36. The zero-order valence-corrected chi connectivity index (χ0v) is 12.0. The molecule has 2 N–H and O–H groups in total. The van der Waals surface area contributed by atoms with Crippen LogP contribution in [0.15, 0.2) is 18.2 Å². The first-order valence-electron chi connectivity index (χ1n) is 6.77. The molecule has 0 aliphatic carbocycles. The predicted octanol–water partition coefficient (Wildman–Crippen LogP) is 1.77. The molecule has 0 bridgehead atoms. The lowest BCUT2D eigenvalue weighted by Gasteiger charge is -2.45. The van der Waals surface area contributed by atoms with E-state index in [2.05, 4.69) is 55.8 Å². The Labute approximate surface area is 111 Å². The van der Waals surface area contributed by atoms with Gasteiger partial charge in [-0.15, -0.1) is 0 Å². The highest BCUT2D eigenvalue weighted by Gasteiger charge is 2.29. The van der Waals surface area contributed by atoms with Crippen molar-refractivity contribution in [1.29, 1.82) is 0 Å². The van der Waals surface area contributed by atoms with E-state index >= 15 is 0 Å². The van der Waals surface area contributed by atoms with E-state index in [0.717, 1.165) is 13.1 Å². The fourth-order valence-electron chi connectivity index (χ4n) is 2.73. The first-order chi connectivity index (χ1) is 8.54. The minimum absolute atomic E-state index is 0.423. The van der Waals surface area contributed by atoms with Crippen LogP contribution in [0.3, 0.4) is 0 Å². The number of nitrogens with zero attached hydrogens (tertiary/aromatic N) is 2. The molecule has 1 fully saturated rings. The number of hydrogen-bond acceptors (Lipinski definition) is 3. The second-order valence-electron chi connectivity index (χ2n) is 5.55. The molecule has 0 aromatic heterocycles. The summed E-state index contributed by atoms with van der Waals surface area (Å²) in [7, 11) is 2.19. The Morgan fingerprint density at radius 2 is 2.00 bits per heavy atom. The molecular formula is C15H25N3. The molecule has 1 aliphatic heterocycles. The van der Waals surface area contributed by atoms with Crippen LogP contribution in [0.2, 0.25) is 0 Å². The summed E-state index contributed by atoms with van der Waals surface area (Å²) in [5.41, 5.74) is 10.0. The van der Waals surface area contributed by atoms with Gasteiger partial charge in [-0.25, -0.2) is 0 Å². The molecule has 18 heavy (non-hydrogen) atoms. The van der Waals surface area contributed by atoms with E-state index in [1.807, 2.05) is 0 Å². The minimum atomic E-state index is 0.423. The quantitative estimate of drug-likeness (QED) is 0.864. The Bertz CT molecular complexity index is 416. The third-order valence-corrected chi connectivity index (χ3v) is 4.31. The van der Waals surface area contributed by atoms with E-state index in [-0.39, 0.29) is 0 Å². The van der Waals surface area contributed by atoms with Crippen LogP contribution in [-0.4, -0.2) is 43.7 Å². The maximum Gasteiger partial charge on any atom is 0.0540 e. The van der Waals surface area contributed by atoms with Crippen LogP contribution in [0.1, 0.15) is 18.1 Å². The summed E-state index contributed by atoms with van der Waals surface area (Å²) >= 11 is 0. The monoisotopic (exact) mass is 247 g/mol. The normalized spacial score (nSPS) is 25.5. The number of hydrogen-bond donors (Lipinski definition) is 1. The van der Waals surface area contributed by atoms with Gasteiger partial charge in [-0.3, -0.25) is 4.90 Å². The molecule has 1 heterocycles. The van der Waals surface area contributed by atoms with Crippen molar-refractivity contribution in [2.24, 2.45) is 5.73 Å². The largest absolute Gasteiger partial charge is 0.364 e. The summed E-state index contributed by atoms with van der Waals surface area (Å²) in [4.78, 5) is 4.89. The molecule has 0 spiro atoms. The van der Waals surface area contributed by atoms with Crippen LogP contribution in [0.5, 0.6) is 0 Å². The van der Waals surface area contributed by atoms with Crippen molar-refractivity contribution in [3.63, 3.8) is 0 Å². The van der Waals surface area contributed by atoms with Crippen LogP contribution in [0.25, 0.3) is 0 Å². The lowest BCUT2D eigenvalue weighted by atomic mass is 10.0.